The van der Waals surface area contributed by atoms with Crippen molar-refractivity contribution in [3.8, 4) is 17.5 Å². The second kappa shape index (κ2) is 8.10. The van der Waals surface area contributed by atoms with E-state index >= 15 is 0 Å². The zero-order chi connectivity index (χ0) is 22.9. The molecule has 4 rings (SSSR count). The Morgan fingerprint density at radius 2 is 1.91 bits per heavy atom. The van der Waals surface area contributed by atoms with E-state index in [0.29, 0.717) is 33.5 Å². The molecule has 3 aromatic heterocycles. The summed E-state index contributed by atoms with van der Waals surface area (Å²) in [6.45, 7) is 3.39. The van der Waals surface area contributed by atoms with Crippen LogP contribution in [0, 0.1) is 11.8 Å². The summed E-state index contributed by atoms with van der Waals surface area (Å²) in [4.78, 5) is 33.0. The van der Waals surface area contributed by atoms with Gasteiger partial charge in [0.1, 0.15) is 16.9 Å². The Morgan fingerprint density at radius 1 is 1.09 bits per heavy atom. The minimum absolute atomic E-state index is 0.113. The number of aromatic nitrogens is 3. The molecule has 1 aromatic carbocycles. The molecule has 3 N–H and O–H groups in total. The molecule has 7 heteroatoms. The number of carbonyl (C=O) groups excluding carboxylic acids is 1. The summed E-state index contributed by atoms with van der Waals surface area (Å²) in [5.74, 6) is 5.27. The monoisotopic (exact) mass is 424 g/mol. The third kappa shape index (κ3) is 4.13. The van der Waals surface area contributed by atoms with Gasteiger partial charge in [0.05, 0.1) is 11.0 Å². The van der Waals surface area contributed by atoms with Crippen LogP contribution >= 0.6 is 0 Å². The van der Waals surface area contributed by atoms with Crippen molar-refractivity contribution in [2.75, 3.05) is 0 Å². The summed E-state index contributed by atoms with van der Waals surface area (Å²) in [7, 11) is 0. The SMILES string of the molecule is CC(C)(O)c1ccc(C#Cc2cccc(-n3cc(C(N)=O)c(=O)c4cccnc43)c2)nc1. The molecule has 32 heavy (non-hydrogen) atoms. The van der Waals surface area contributed by atoms with Crippen LogP contribution in [0.25, 0.3) is 16.7 Å². The molecule has 0 saturated carbocycles. The van der Waals surface area contributed by atoms with E-state index < -0.39 is 16.9 Å². The van der Waals surface area contributed by atoms with Crippen LogP contribution in [-0.2, 0) is 5.60 Å². The van der Waals surface area contributed by atoms with E-state index in [1.165, 1.54) is 6.20 Å². The smallest absolute Gasteiger partial charge is 0.254 e. The van der Waals surface area contributed by atoms with Gasteiger partial charge in [0.2, 0.25) is 5.43 Å². The number of benzene rings is 1. The molecule has 158 valence electrons. The predicted octanol–water partition coefficient (Wildman–Crippen LogP) is 2.51. The van der Waals surface area contributed by atoms with Crippen LogP contribution < -0.4 is 11.2 Å². The summed E-state index contributed by atoms with van der Waals surface area (Å²) >= 11 is 0. The van der Waals surface area contributed by atoms with Crippen LogP contribution in [0.15, 0.2) is 71.9 Å². The minimum atomic E-state index is -0.968. The largest absolute Gasteiger partial charge is 0.386 e. The highest BCUT2D eigenvalue weighted by molar-refractivity contribution is 5.96. The van der Waals surface area contributed by atoms with Gasteiger partial charge in [0, 0.05) is 35.4 Å². The lowest BCUT2D eigenvalue weighted by Gasteiger charge is -2.16. The zero-order valence-corrected chi connectivity index (χ0v) is 17.5. The van der Waals surface area contributed by atoms with Gasteiger partial charge < -0.3 is 15.4 Å². The fourth-order valence-electron chi connectivity index (χ4n) is 3.23. The molecule has 0 radical (unpaired) electrons. The molecule has 0 aliphatic heterocycles. The van der Waals surface area contributed by atoms with Crippen LogP contribution in [0.3, 0.4) is 0 Å². The van der Waals surface area contributed by atoms with Gasteiger partial charge >= 0.3 is 0 Å². The van der Waals surface area contributed by atoms with E-state index in [9.17, 15) is 14.7 Å². The average molecular weight is 424 g/mol. The Labute approximate surface area is 184 Å². The van der Waals surface area contributed by atoms with Gasteiger partial charge in [-0.3, -0.25) is 9.59 Å². The lowest BCUT2D eigenvalue weighted by Crippen LogP contribution is -2.24. The van der Waals surface area contributed by atoms with Crippen molar-refractivity contribution in [3.05, 3.63) is 99.7 Å². The van der Waals surface area contributed by atoms with E-state index in [4.69, 9.17) is 5.73 Å². The van der Waals surface area contributed by atoms with E-state index in [-0.39, 0.29) is 5.56 Å². The standard InChI is InChI=1S/C25H20N4O3/c1-25(2,32)17-9-11-18(28-14-17)10-8-16-5-3-6-19(13-16)29-15-21(23(26)31)22(30)20-7-4-12-27-24(20)29/h3-7,9,11-15,32H,1-2H3,(H2,26,31). The summed E-state index contributed by atoms with van der Waals surface area (Å²) < 4.78 is 1.65. The molecule has 7 nitrogen and oxygen atoms in total. The van der Waals surface area contributed by atoms with Gasteiger partial charge in [0.15, 0.2) is 0 Å². The molecule has 4 aromatic rings. The minimum Gasteiger partial charge on any atom is -0.386 e. The fraction of sp³-hybridized carbons (Fsp3) is 0.120. The number of hydrogen-bond acceptors (Lipinski definition) is 5. The van der Waals surface area contributed by atoms with Crippen molar-refractivity contribution in [1.29, 1.82) is 0 Å². The Hall–Kier alpha value is -4.28. The van der Waals surface area contributed by atoms with Crippen molar-refractivity contribution in [2.24, 2.45) is 5.73 Å². The molecule has 3 heterocycles. The Morgan fingerprint density at radius 3 is 2.59 bits per heavy atom. The van der Waals surface area contributed by atoms with Gasteiger partial charge in [0.25, 0.3) is 5.91 Å². The van der Waals surface area contributed by atoms with Gasteiger partial charge in [-0.2, -0.15) is 0 Å². The molecular formula is C25H20N4O3. The van der Waals surface area contributed by atoms with Crippen molar-refractivity contribution < 1.29 is 9.90 Å². The Balaban J connectivity index is 1.76. The van der Waals surface area contributed by atoms with Crippen LogP contribution in [0.2, 0.25) is 0 Å². The number of pyridine rings is 3. The van der Waals surface area contributed by atoms with Crippen LogP contribution in [0.4, 0.5) is 0 Å². The second-order valence-electron chi connectivity index (χ2n) is 7.77. The molecular weight excluding hydrogens is 404 g/mol. The van der Waals surface area contributed by atoms with E-state index in [0.717, 1.165) is 0 Å². The lowest BCUT2D eigenvalue weighted by molar-refractivity contribution is 0.0782. The van der Waals surface area contributed by atoms with Crippen molar-refractivity contribution in [1.82, 2.24) is 14.5 Å². The number of fused-ring (bicyclic) bond motifs is 1. The highest BCUT2D eigenvalue weighted by atomic mass is 16.3. The molecule has 0 unspecified atom stereocenters. The van der Waals surface area contributed by atoms with Gasteiger partial charge in [-0.15, -0.1) is 0 Å². The van der Waals surface area contributed by atoms with Crippen molar-refractivity contribution in [3.63, 3.8) is 0 Å². The highest BCUT2D eigenvalue weighted by Gasteiger charge is 2.16. The summed E-state index contributed by atoms with van der Waals surface area (Å²) in [5, 5.41) is 10.3. The molecule has 0 saturated heterocycles. The lowest BCUT2D eigenvalue weighted by atomic mass is 10.0. The fourth-order valence-corrected chi connectivity index (χ4v) is 3.23. The molecule has 0 fully saturated rings. The average Bonchev–Trinajstić information content (AvgIpc) is 2.78. The maximum Gasteiger partial charge on any atom is 0.254 e. The number of amides is 1. The first-order chi connectivity index (χ1) is 15.2. The molecule has 0 atom stereocenters. The third-order valence-corrected chi connectivity index (χ3v) is 4.96. The topological polar surface area (TPSA) is 111 Å². The number of rotatable bonds is 3. The number of nitrogens with two attached hydrogens (primary N) is 1. The number of carbonyl (C=O) groups is 1. The van der Waals surface area contributed by atoms with E-state index in [2.05, 4.69) is 21.8 Å². The number of hydrogen-bond donors (Lipinski definition) is 2. The zero-order valence-electron chi connectivity index (χ0n) is 17.5. The first kappa shape index (κ1) is 21.0. The molecule has 1 amide bonds. The summed E-state index contributed by atoms with van der Waals surface area (Å²) in [6.07, 6.45) is 4.59. The molecule has 0 aliphatic rings. The highest BCUT2D eigenvalue weighted by Crippen LogP contribution is 2.19. The first-order valence-electron chi connectivity index (χ1n) is 9.85. The second-order valence-corrected chi connectivity index (χ2v) is 7.77. The van der Waals surface area contributed by atoms with Crippen molar-refractivity contribution in [2.45, 2.75) is 19.4 Å². The molecule has 0 aliphatic carbocycles. The maximum atomic E-state index is 12.6. The normalized spacial score (nSPS) is 11.1. The Kier molecular flexibility index (Phi) is 5.31. The van der Waals surface area contributed by atoms with Crippen LogP contribution in [0.1, 0.15) is 41.0 Å². The predicted molar refractivity (Wildman–Crippen MR) is 121 cm³/mol. The number of aliphatic hydroxyl groups is 1. The van der Waals surface area contributed by atoms with E-state index in [1.807, 2.05) is 24.3 Å². The van der Waals surface area contributed by atoms with Crippen LogP contribution in [-0.4, -0.2) is 25.5 Å². The molecule has 0 spiro atoms. The van der Waals surface area contributed by atoms with Crippen molar-refractivity contribution >= 4 is 16.9 Å². The maximum absolute atomic E-state index is 12.6. The first-order valence-corrected chi connectivity index (χ1v) is 9.85. The number of nitrogens with zero attached hydrogens (tertiary/aromatic N) is 3. The number of primary amides is 1. The summed E-state index contributed by atoms with van der Waals surface area (Å²) in [5.41, 5.74) is 6.95. The summed E-state index contributed by atoms with van der Waals surface area (Å²) in [6, 6.07) is 14.1. The van der Waals surface area contributed by atoms with Crippen LogP contribution in [0.5, 0.6) is 0 Å². The van der Waals surface area contributed by atoms with Gasteiger partial charge in [-0.25, -0.2) is 9.97 Å². The van der Waals surface area contributed by atoms with E-state index in [1.54, 1.807) is 55.1 Å². The van der Waals surface area contributed by atoms with Gasteiger partial charge in [-0.05, 0) is 56.2 Å². The Bertz CT molecular complexity index is 1450. The quantitative estimate of drug-likeness (QED) is 0.491. The van der Waals surface area contributed by atoms with Gasteiger partial charge in [-0.1, -0.05) is 18.1 Å². The molecule has 0 bridgehead atoms. The third-order valence-electron chi connectivity index (χ3n) is 4.96.